The lowest BCUT2D eigenvalue weighted by atomic mass is 9.94. The Morgan fingerprint density at radius 3 is 2.64 bits per heavy atom. The molecule has 33 heavy (non-hydrogen) atoms. The van der Waals surface area contributed by atoms with Gasteiger partial charge in [-0.1, -0.05) is 24.3 Å². The number of aliphatic hydroxyl groups is 1. The molecule has 5 rings (SSSR count). The molecule has 4 heterocycles. The number of likely N-dealkylation sites (tertiary alicyclic amines) is 1. The molecular formula is C25H34N6O2. The van der Waals surface area contributed by atoms with Crippen LogP contribution < -0.4 is 10.2 Å². The van der Waals surface area contributed by atoms with Gasteiger partial charge in [0.05, 0.1) is 12.1 Å². The number of carbonyl (C=O) groups excluding carboxylic acids is 1. The second-order valence-electron chi connectivity index (χ2n) is 9.53. The molecule has 1 aromatic heterocycles. The maximum Gasteiger partial charge on any atom is 0.227 e. The van der Waals surface area contributed by atoms with E-state index >= 15 is 0 Å². The Bertz CT molecular complexity index is 977. The van der Waals surface area contributed by atoms with Crippen LogP contribution in [0.1, 0.15) is 37.3 Å². The molecule has 3 aliphatic heterocycles. The normalized spacial score (nSPS) is 24.4. The van der Waals surface area contributed by atoms with Crippen molar-refractivity contribution in [3.8, 4) is 0 Å². The van der Waals surface area contributed by atoms with Gasteiger partial charge in [0.2, 0.25) is 11.9 Å². The van der Waals surface area contributed by atoms with E-state index in [0.717, 1.165) is 70.3 Å². The molecule has 1 unspecified atom stereocenters. The van der Waals surface area contributed by atoms with Crippen LogP contribution in [0.3, 0.4) is 0 Å². The van der Waals surface area contributed by atoms with Crippen molar-refractivity contribution in [3.63, 3.8) is 0 Å². The highest BCUT2D eigenvalue weighted by Crippen LogP contribution is 2.26. The van der Waals surface area contributed by atoms with E-state index in [1.165, 1.54) is 11.1 Å². The second kappa shape index (κ2) is 9.65. The molecule has 2 N–H and O–H groups in total. The van der Waals surface area contributed by atoms with Crippen LogP contribution in [0, 0.1) is 0 Å². The average molecular weight is 451 g/mol. The van der Waals surface area contributed by atoms with Gasteiger partial charge in [-0.3, -0.25) is 9.69 Å². The largest absolute Gasteiger partial charge is 0.391 e. The minimum atomic E-state index is -0.334. The highest BCUT2D eigenvalue weighted by Gasteiger charge is 2.35. The van der Waals surface area contributed by atoms with Crippen molar-refractivity contribution in [2.45, 2.75) is 57.3 Å². The number of nitrogens with one attached hydrogen (secondary N) is 1. The maximum atomic E-state index is 11.6. The fourth-order valence-electron chi connectivity index (χ4n) is 5.39. The summed E-state index contributed by atoms with van der Waals surface area (Å²) in [6.45, 7) is 6.54. The van der Waals surface area contributed by atoms with Crippen LogP contribution in [0.5, 0.6) is 0 Å². The van der Waals surface area contributed by atoms with Gasteiger partial charge in [-0.2, -0.15) is 4.98 Å². The van der Waals surface area contributed by atoms with E-state index < -0.39 is 0 Å². The van der Waals surface area contributed by atoms with Crippen LogP contribution in [0.25, 0.3) is 0 Å². The molecule has 8 nitrogen and oxygen atoms in total. The lowest BCUT2D eigenvalue weighted by Crippen LogP contribution is -2.56. The Labute approximate surface area is 195 Å². The van der Waals surface area contributed by atoms with Crippen molar-refractivity contribution in [1.82, 2.24) is 19.8 Å². The molecule has 3 aliphatic rings. The third-order valence-electron chi connectivity index (χ3n) is 7.39. The van der Waals surface area contributed by atoms with E-state index in [1.807, 2.05) is 17.2 Å². The molecule has 2 atom stereocenters. The Morgan fingerprint density at radius 2 is 1.85 bits per heavy atom. The van der Waals surface area contributed by atoms with Crippen molar-refractivity contribution in [2.24, 2.45) is 0 Å². The number of aromatic nitrogens is 2. The Kier molecular flexibility index (Phi) is 6.46. The molecule has 0 saturated carbocycles. The summed E-state index contributed by atoms with van der Waals surface area (Å²) in [5, 5.41) is 14.4. The summed E-state index contributed by atoms with van der Waals surface area (Å²) in [5.74, 6) is 1.70. The first kappa shape index (κ1) is 22.1. The number of benzene rings is 1. The number of carbonyl (C=O) groups is 1. The number of rotatable bonds is 4. The van der Waals surface area contributed by atoms with Crippen molar-refractivity contribution in [3.05, 3.63) is 47.7 Å². The fraction of sp³-hybridized carbons (Fsp3) is 0.560. The lowest BCUT2D eigenvalue weighted by Gasteiger charge is -2.44. The summed E-state index contributed by atoms with van der Waals surface area (Å²) in [4.78, 5) is 27.5. The van der Waals surface area contributed by atoms with Crippen molar-refractivity contribution in [2.75, 3.05) is 42.9 Å². The number of nitrogens with zero attached hydrogens (tertiary/aromatic N) is 5. The van der Waals surface area contributed by atoms with Gasteiger partial charge in [0.25, 0.3) is 0 Å². The number of piperidine rings is 2. The molecule has 0 bridgehead atoms. The standard InChI is InChI=1S/C25H34N6O2/c1-18(32)29-13-8-21(9-14-29)27-24-6-11-26-25(28-24)31-15-10-23(33)22(17-31)30-12-7-19-4-2-3-5-20(19)16-30/h2-6,11,21-23,33H,7-10,12-17H2,1H3,(H,26,27,28)/t22?,23-/m0/s1. The van der Waals surface area contributed by atoms with Gasteiger partial charge >= 0.3 is 0 Å². The molecule has 0 spiro atoms. The molecule has 0 aliphatic carbocycles. The monoisotopic (exact) mass is 450 g/mol. The van der Waals surface area contributed by atoms with Crippen LogP contribution >= 0.6 is 0 Å². The van der Waals surface area contributed by atoms with Gasteiger partial charge in [-0.05, 0) is 42.9 Å². The SMILES string of the molecule is CC(=O)N1CCC(Nc2ccnc(N3CC[C@H](O)C(N4CCc5ccccc5C4)C3)n2)CC1. The topological polar surface area (TPSA) is 84.8 Å². The molecule has 1 amide bonds. The van der Waals surface area contributed by atoms with E-state index in [9.17, 15) is 9.90 Å². The van der Waals surface area contributed by atoms with Crippen LogP contribution in [0.2, 0.25) is 0 Å². The number of aliphatic hydroxyl groups excluding tert-OH is 1. The minimum Gasteiger partial charge on any atom is -0.391 e. The average Bonchev–Trinajstić information content (AvgIpc) is 2.84. The molecule has 0 radical (unpaired) electrons. The number of anilines is 2. The zero-order chi connectivity index (χ0) is 22.8. The zero-order valence-electron chi connectivity index (χ0n) is 19.4. The number of fused-ring (bicyclic) bond motifs is 1. The van der Waals surface area contributed by atoms with Crippen LogP contribution in [-0.4, -0.2) is 81.7 Å². The molecule has 2 aromatic rings. The quantitative estimate of drug-likeness (QED) is 0.736. The van der Waals surface area contributed by atoms with Crippen LogP contribution in [-0.2, 0) is 17.8 Å². The van der Waals surface area contributed by atoms with Crippen molar-refractivity contribution >= 4 is 17.7 Å². The first-order valence-electron chi connectivity index (χ1n) is 12.2. The molecule has 1 aromatic carbocycles. The van der Waals surface area contributed by atoms with Gasteiger partial charge in [0, 0.05) is 58.4 Å². The van der Waals surface area contributed by atoms with Crippen molar-refractivity contribution < 1.29 is 9.90 Å². The van der Waals surface area contributed by atoms with E-state index in [4.69, 9.17) is 4.98 Å². The summed E-state index contributed by atoms with van der Waals surface area (Å²) in [5.41, 5.74) is 2.79. The molecule has 8 heteroatoms. The third kappa shape index (κ3) is 4.96. The van der Waals surface area contributed by atoms with E-state index in [-0.39, 0.29) is 18.1 Å². The number of hydrogen-bond donors (Lipinski definition) is 2. The highest BCUT2D eigenvalue weighted by molar-refractivity contribution is 5.73. The zero-order valence-corrected chi connectivity index (χ0v) is 19.4. The number of amides is 1. The predicted octanol–water partition coefficient (Wildman–Crippen LogP) is 1.90. The van der Waals surface area contributed by atoms with Gasteiger partial charge in [-0.25, -0.2) is 4.98 Å². The summed E-state index contributed by atoms with van der Waals surface area (Å²) < 4.78 is 0. The summed E-state index contributed by atoms with van der Waals surface area (Å²) in [7, 11) is 0. The van der Waals surface area contributed by atoms with E-state index in [2.05, 4.69) is 44.4 Å². The van der Waals surface area contributed by atoms with Gasteiger partial charge in [-0.15, -0.1) is 0 Å². The molecular weight excluding hydrogens is 416 g/mol. The fourth-order valence-corrected chi connectivity index (χ4v) is 5.39. The summed E-state index contributed by atoms with van der Waals surface area (Å²) >= 11 is 0. The minimum absolute atomic E-state index is 0.0724. The van der Waals surface area contributed by atoms with Crippen LogP contribution in [0.4, 0.5) is 11.8 Å². The second-order valence-corrected chi connectivity index (χ2v) is 9.53. The molecule has 176 valence electrons. The first-order valence-corrected chi connectivity index (χ1v) is 12.2. The van der Waals surface area contributed by atoms with Crippen LogP contribution in [0.15, 0.2) is 36.5 Å². The van der Waals surface area contributed by atoms with Crippen molar-refractivity contribution in [1.29, 1.82) is 0 Å². The smallest absolute Gasteiger partial charge is 0.227 e. The molecule has 2 saturated heterocycles. The molecule has 2 fully saturated rings. The van der Waals surface area contributed by atoms with E-state index in [0.29, 0.717) is 12.5 Å². The third-order valence-corrected chi connectivity index (χ3v) is 7.39. The summed E-state index contributed by atoms with van der Waals surface area (Å²) in [6, 6.07) is 10.9. The highest BCUT2D eigenvalue weighted by atomic mass is 16.3. The van der Waals surface area contributed by atoms with Gasteiger partial charge < -0.3 is 20.2 Å². The number of hydrogen-bond acceptors (Lipinski definition) is 7. The first-order chi connectivity index (χ1) is 16.1. The summed E-state index contributed by atoms with van der Waals surface area (Å²) in [6.07, 6.45) is 5.07. The lowest BCUT2D eigenvalue weighted by molar-refractivity contribution is -0.129. The Morgan fingerprint density at radius 1 is 1.06 bits per heavy atom. The Balaban J connectivity index is 1.23. The predicted molar refractivity (Wildman–Crippen MR) is 128 cm³/mol. The van der Waals surface area contributed by atoms with E-state index in [1.54, 1.807) is 6.92 Å². The van der Waals surface area contributed by atoms with Gasteiger partial charge in [0.1, 0.15) is 5.82 Å². The van der Waals surface area contributed by atoms with Gasteiger partial charge in [0.15, 0.2) is 0 Å². The Hall–Kier alpha value is -2.71. The maximum absolute atomic E-state index is 11.6.